The van der Waals surface area contributed by atoms with Crippen LogP contribution >= 0.6 is 0 Å². The summed E-state index contributed by atoms with van der Waals surface area (Å²) < 4.78 is 5.72. The Balaban J connectivity index is 3.52. The molecule has 0 radical (unpaired) electrons. The van der Waals surface area contributed by atoms with E-state index < -0.39 is 0 Å². The lowest BCUT2D eigenvalue weighted by molar-refractivity contribution is 0.364. The highest BCUT2D eigenvalue weighted by Gasteiger charge is 2.23. The van der Waals surface area contributed by atoms with Crippen LogP contribution in [0.4, 0.5) is 0 Å². The van der Waals surface area contributed by atoms with Gasteiger partial charge >= 0.3 is 0 Å². The first-order valence-corrected chi connectivity index (χ1v) is 10.6. The maximum absolute atomic E-state index is 11.0. The van der Waals surface area contributed by atoms with Crippen LogP contribution in [-0.2, 0) is 25.7 Å². The molecule has 0 spiro atoms. The Morgan fingerprint density at radius 2 is 0.960 bits per heavy atom. The summed E-state index contributed by atoms with van der Waals surface area (Å²) in [5.41, 5.74) is 5.37. The molecule has 0 aromatic heterocycles. The van der Waals surface area contributed by atoms with Crippen LogP contribution in [0.1, 0.15) is 101 Å². The van der Waals surface area contributed by atoms with Gasteiger partial charge in [0.15, 0.2) is 11.5 Å². The summed E-state index contributed by atoms with van der Waals surface area (Å²) in [5.74, 6) is 1.18. The summed E-state index contributed by atoms with van der Waals surface area (Å²) in [4.78, 5) is 0. The second kappa shape index (κ2) is 12.2. The average molecular weight is 349 g/mol. The van der Waals surface area contributed by atoms with Crippen LogP contribution in [-0.4, -0.2) is 12.2 Å². The minimum Gasteiger partial charge on any atom is -0.504 e. The van der Waals surface area contributed by atoms with Crippen molar-refractivity contribution in [1.29, 1.82) is 0 Å². The lowest BCUT2D eigenvalue weighted by Crippen LogP contribution is -2.09. The van der Waals surface area contributed by atoms with Crippen molar-refractivity contribution < 1.29 is 9.84 Å². The maximum atomic E-state index is 11.0. The number of aromatic hydroxyl groups is 1. The molecule has 0 atom stereocenters. The highest BCUT2D eigenvalue weighted by atomic mass is 16.5. The fourth-order valence-electron chi connectivity index (χ4n) is 3.70. The third kappa shape index (κ3) is 5.94. The third-order valence-electron chi connectivity index (χ3n) is 5.19. The van der Waals surface area contributed by atoms with Crippen molar-refractivity contribution in [3.05, 3.63) is 22.3 Å². The van der Waals surface area contributed by atoms with Crippen molar-refractivity contribution in [2.75, 3.05) is 7.11 Å². The molecule has 1 rings (SSSR count). The summed E-state index contributed by atoms with van der Waals surface area (Å²) in [6.45, 7) is 8.95. The molecule has 0 unspecified atom stereocenters. The number of unbranched alkanes of at least 4 members (excludes halogenated alkanes) is 4. The Morgan fingerprint density at radius 1 is 0.600 bits per heavy atom. The third-order valence-corrected chi connectivity index (χ3v) is 5.19. The van der Waals surface area contributed by atoms with Crippen molar-refractivity contribution in [2.45, 2.75) is 105 Å². The van der Waals surface area contributed by atoms with Gasteiger partial charge in [0, 0.05) is 11.1 Å². The van der Waals surface area contributed by atoms with E-state index in [2.05, 4.69) is 27.7 Å². The first-order valence-electron chi connectivity index (χ1n) is 10.6. The topological polar surface area (TPSA) is 29.5 Å². The van der Waals surface area contributed by atoms with Crippen LogP contribution in [0.15, 0.2) is 0 Å². The first-order chi connectivity index (χ1) is 12.2. The Morgan fingerprint density at radius 3 is 1.36 bits per heavy atom. The molecular weight excluding hydrogens is 308 g/mol. The molecule has 1 N–H and O–H groups in total. The van der Waals surface area contributed by atoms with Gasteiger partial charge in [-0.25, -0.2) is 0 Å². The number of hydrogen-bond donors (Lipinski definition) is 1. The minimum atomic E-state index is 0.424. The molecule has 1 aromatic rings. The first kappa shape index (κ1) is 21.9. The van der Waals surface area contributed by atoms with E-state index in [9.17, 15) is 5.11 Å². The predicted octanol–water partition coefficient (Wildman–Crippen LogP) is 6.77. The van der Waals surface area contributed by atoms with Crippen LogP contribution in [0, 0.1) is 0 Å². The predicted molar refractivity (Wildman–Crippen MR) is 109 cm³/mol. The second-order valence-corrected chi connectivity index (χ2v) is 7.21. The lowest BCUT2D eigenvalue weighted by atomic mass is 9.84. The summed E-state index contributed by atoms with van der Waals surface area (Å²) >= 11 is 0. The molecule has 0 fully saturated rings. The van der Waals surface area contributed by atoms with E-state index in [0.717, 1.165) is 50.7 Å². The summed E-state index contributed by atoms with van der Waals surface area (Å²) in [5, 5.41) is 11.0. The van der Waals surface area contributed by atoms with Gasteiger partial charge in [-0.1, -0.05) is 53.4 Å². The SMILES string of the molecule is CCCCc1c(O)c(OC)c(CCCC)c(CCCC)c1CCCC. The molecule has 0 saturated heterocycles. The molecule has 25 heavy (non-hydrogen) atoms. The molecule has 0 heterocycles. The molecule has 0 saturated carbocycles. The van der Waals surface area contributed by atoms with Crippen LogP contribution in [0.5, 0.6) is 11.5 Å². The zero-order valence-corrected chi connectivity index (χ0v) is 17.3. The highest BCUT2D eigenvalue weighted by molar-refractivity contribution is 5.60. The molecule has 144 valence electrons. The van der Waals surface area contributed by atoms with Crippen molar-refractivity contribution in [3.63, 3.8) is 0 Å². The quantitative estimate of drug-likeness (QED) is 0.426. The number of methoxy groups -OCH3 is 1. The van der Waals surface area contributed by atoms with E-state index in [1.165, 1.54) is 54.4 Å². The van der Waals surface area contributed by atoms with Crippen LogP contribution < -0.4 is 4.74 Å². The number of rotatable bonds is 13. The largest absolute Gasteiger partial charge is 0.504 e. The summed E-state index contributed by atoms with van der Waals surface area (Å²) in [6.07, 6.45) is 13.6. The molecule has 0 amide bonds. The number of phenolic OH excluding ortho intramolecular Hbond substituents is 1. The molecule has 0 bridgehead atoms. The molecule has 2 nitrogen and oxygen atoms in total. The van der Waals surface area contributed by atoms with Gasteiger partial charge in [0.1, 0.15) is 0 Å². The monoisotopic (exact) mass is 348 g/mol. The maximum Gasteiger partial charge on any atom is 0.164 e. The standard InChI is InChI=1S/C23H40O2/c1-6-10-14-18-19(15-11-7-2)21(17-13-9-4)23(25-5)22(24)20(18)16-12-8-3/h24H,6-17H2,1-5H3. The number of ether oxygens (including phenoxy) is 1. The van der Waals surface area contributed by atoms with E-state index in [1.54, 1.807) is 7.11 Å². The fraction of sp³-hybridized carbons (Fsp3) is 0.739. The molecule has 1 aromatic carbocycles. The van der Waals surface area contributed by atoms with E-state index in [4.69, 9.17) is 4.74 Å². The normalized spacial score (nSPS) is 11.1. The molecule has 2 heteroatoms. The molecule has 0 aliphatic carbocycles. The van der Waals surface area contributed by atoms with Gasteiger partial charge in [-0.15, -0.1) is 0 Å². The van der Waals surface area contributed by atoms with E-state index >= 15 is 0 Å². The van der Waals surface area contributed by atoms with Gasteiger partial charge in [-0.2, -0.15) is 0 Å². The van der Waals surface area contributed by atoms with Gasteiger partial charge < -0.3 is 9.84 Å². The van der Waals surface area contributed by atoms with E-state index in [-0.39, 0.29) is 0 Å². The zero-order chi connectivity index (χ0) is 18.7. The average Bonchev–Trinajstić information content (AvgIpc) is 2.62. The van der Waals surface area contributed by atoms with Gasteiger partial charge in [-0.3, -0.25) is 0 Å². The van der Waals surface area contributed by atoms with Gasteiger partial charge in [0.05, 0.1) is 7.11 Å². The number of hydrogen-bond acceptors (Lipinski definition) is 2. The van der Waals surface area contributed by atoms with Crippen molar-refractivity contribution >= 4 is 0 Å². The smallest absolute Gasteiger partial charge is 0.164 e. The van der Waals surface area contributed by atoms with Gasteiger partial charge in [0.2, 0.25) is 0 Å². The Hall–Kier alpha value is -1.18. The van der Waals surface area contributed by atoms with Crippen LogP contribution in [0.25, 0.3) is 0 Å². The van der Waals surface area contributed by atoms with Crippen molar-refractivity contribution in [1.82, 2.24) is 0 Å². The molecule has 0 aliphatic heterocycles. The fourth-order valence-corrected chi connectivity index (χ4v) is 3.70. The van der Waals surface area contributed by atoms with Crippen molar-refractivity contribution in [2.24, 2.45) is 0 Å². The Labute approximate surface area is 156 Å². The second-order valence-electron chi connectivity index (χ2n) is 7.21. The van der Waals surface area contributed by atoms with Crippen molar-refractivity contribution in [3.8, 4) is 11.5 Å². The lowest BCUT2D eigenvalue weighted by Gasteiger charge is -2.24. The molecular formula is C23H40O2. The minimum absolute atomic E-state index is 0.424. The number of phenols is 1. The van der Waals surface area contributed by atoms with E-state index in [1.807, 2.05) is 0 Å². The van der Waals surface area contributed by atoms with Gasteiger partial charge in [-0.05, 0) is 62.5 Å². The highest BCUT2D eigenvalue weighted by Crippen LogP contribution is 2.42. The van der Waals surface area contributed by atoms with Crippen LogP contribution in [0.3, 0.4) is 0 Å². The van der Waals surface area contributed by atoms with E-state index in [0.29, 0.717) is 5.75 Å². The molecule has 0 aliphatic rings. The summed E-state index contributed by atoms with van der Waals surface area (Å²) in [6, 6.07) is 0. The zero-order valence-electron chi connectivity index (χ0n) is 17.3. The summed E-state index contributed by atoms with van der Waals surface area (Å²) in [7, 11) is 1.71. The Bertz CT molecular complexity index is 506. The number of benzene rings is 1. The Kier molecular flexibility index (Phi) is 10.7. The van der Waals surface area contributed by atoms with Gasteiger partial charge in [0.25, 0.3) is 0 Å². The van der Waals surface area contributed by atoms with Crippen LogP contribution in [0.2, 0.25) is 0 Å².